The Morgan fingerprint density at radius 1 is 1.29 bits per heavy atom. The van der Waals surface area contributed by atoms with Gasteiger partial charge >= 0.3 is 0 Å². The fraction of sp³-hybridized carbons (Fsp3) is 0.214. The van der Waals surface area contributed by atoms with Crippen LogP contribution in [0.2, 0.25) is 0 Å². The predicted molar refractivity (Wildman–Crippen MR) is 77.3 cm³/mol. The first-order valence-corrected chi connectivity index (χ1v) is 6.15. The van der Waals surface area contributed by atoms with Crippen LogP contribution in [0.25, 0.3) is 0 Å². The molecule has 1 aromatic heterocycles. The first-order valence-electron chi connectivity index (χ1n) is 6.15. The Morgan fingerprint density at radius 3 is 2.48 bits per heavy atom. The van der Waals surface area contributed by atoms with Crippen LogP contribution in [0.5, 0.6) is 5.75 Å². The van der Waals surface area contributed by atoms with Gasteiger partial charge in [-0.1, -0.05) is 0 Å². The number of carbonyl (C=O) groups excluding carboxylic acids is 1. The smallest absolute Gasteiger partial charge is 0.255 e. The number of anilines is 2. The van der Waals surface area contributed by atoms with Crippen molar-refractivity contribution in [3.63, 3.8) is 0 Å². The topological polar surface area (TPSA) is 67.3 Å². The van der Waals surface area contributed by atoms with E-state index >= 15 is 0 Å². The number of nitrogens with one attached hydrogen (secondary N) is 1. The molecule has 0 fully saturated rings. The number of rotatable bonds is 4. The van der Waals surface area contributed by atoms with Crippen molar-refractivity contribution >= 4 is 17.5 Å². The molecule has 0 radical (unpaired) electrons. The minimum Gasteiger partial charge on any atom is -0.494 e. The largest absolute Gasteiger partial charge is 0.494 e. The zero-order valence-corrected chi connectivity index (χ0v) is 11.9. The molecule has 21 heavy (non-hydrogen) atoms. The van der Waals surface area contributed by atoms with Gasteiger partial charge in [-0.2, -0.15) is 0 Å². The normalized spacial score (nSPS) is 10.1. The zero-order chi connectivity index (χ0) is 15.4. The molecule has 1 N–H and O–H groups in total. The summed E-state index contributed by atoms with van der Waals surface area (Å²) in [4.78, 5) is 21.9. The highest BCUT2D eigenvalue weighted by Gasteiger charge is 2.11. The second-order valence-electron chi connectivity index (χ2n) is 4.47. The first kappa shape index (κ1) is 14.7. The van der Waals surface area contributed by atoms with Gasteiger partial charge in [0.25, 0.3) is 5.91 Å². The Bertz CT molecular complexity index is 644. The van der Waals surface area contributed by atoms with Crippen LogP contribution in [0, 0.1) is 5.82 Å². The number of amides is 1. The van der Waals surface area contributed by atoms with E-state index in [0.29, 0.717) is 11.6 Å². The van der Waals surface area contributed by atoms with E-state index in [-0.39, 0.29) is 11.3 Å². The fourth-order valence-corrected chi connectivity index (χ4v) is 1.63. The van der Waals surface area contributed by atoms with Crippen LogP contribution in [0.3, 0.4) is 0 Å². The van der Waals surface area contributed by atoms with Crippen LogP contribution in [0.4, 0.5) is 16.0 Å². The van der Waals surface area contributed by atoms with Crippen LogP contribution in [0.1, 0.15) is 10.4 Å². The first-order chi connectivity index (χ1) is 10.0. The Morgan fingerprint density at radius 2 is 1.95 bits per heavy atom. The van der Waals surface area contributed by atoms with E-state index in [2.05, 4.69) is 15.3 Å². The molecule has 0 saturated heterocycles. The van der Waals surface area contributed by atoms with E-state index in [4.69, 9.17) is 4.74 Å². The quantitative estimate of drug-likeness (QED) is 0.932. The van der Waals surface area contributed by atoms with E-state index in [1.165, 1.54) is 31.6 Å². The lowest BCUT2D eigenvalue weighted by molar-refractivity contribution is 0.102. The van der Waals surface area contributed by atoms with Crippen molar-refractivity contribution in [2.45, 2.75) is 0 Å². The number of methoxy groups -OCH3 is 1. The molecule has 6 nitrogen and oxygen atoms in total. The summed E-state index contributed by atoms with van der Waals surface area (Å²) in [6.45, 7) is 0. The standard InChI is InChI=1S/C14H15FN4O2/c1-19(2)14-16-7-10(8-17-14)18-13(20)9-4-5-12(21-3)11(15)6-9/h4-8H,1-3H3,(H,18,20). The molecule has 1 aromatic carbocycles. The molecule has 0 aliphatic heterocycles. The molecular formula is C14H15FN4O2. The summed E-state index contributed by atoms with van der Waals surface area (Å²) in [5, 5.41) is 2.60. The van der Waals surface area contributed by atoms with E-state index in [1.54, 1.807) is 4.90 Å². The van der Waals surface area contributed by atoms with Crippen molar-refractivity contribution in [1.82, 2.24) is 9.97 Å². The number of hydrogen-bond donors (Lipinski definition) is 1. The van der Waals surface area contributed by atoms with Crippen molar-refractivity contribution in [3.8, 4) is 5.75 Å². The minimum absolute atomic E-state index is 0.0882. The van der Waals surface area contributed by atoms with Crippen molar-refractivity contribution in [1.29, 1.82) is 0 Å². The number of hydrogen-bond acceptors (Lipinski definition) is 5. The van der Waals surface area contributed by atoms with Crippen molar-refractivity contribution in [2.75, 3.05) is 31.4 Å². The summed E-state index contributed by atoms with van der Waals surface area (Å²) in [5.74, 6) is -0.421. The molecule has 0 bridgehead atoms. The number of nitrogens with zero attached hydrogens (tertiary/aromatic N) is 3. The number of benzene rings is 1. The zero-order valence-electron chi connectivity index (χ0n) is 11.9. The highest BCUT2D eigenvalue weighted by Crippen LogP contribution is 2.18. The van der Waals surface area contributed by atoms with Gasteiger partial charge in [0, 0.05) is 19.7 Å². The minimum atomic E-state index is -0.593. The lowest BCUT2D eigenvalue weighted by atomic mass is 10.2. The number of aromatic nitrogens is 2. The predicted octanol–water partition coefficient (Wildman–Crippen LogP) is 1.94. The Hall–Kier alpha value is -2.70. The second kappa shape index (κ2) is 6.17. The molecule has 0 aliphatic rings. The molecule has 0 atom stereocenters. The van der Waals surface area contributed by atoms with E-state index < -0.39 is 11.7 Å². The number of halogens is 1. The monoisotopic (exact) mass is 290 g/mol. The highest BCUT2D eigenvalue weighted by molar-refractivity contribution is 6.04. The molecule has 0 saturated carbocycles. The summed E-state index contributed by atoms with van der Waals surface area (Å²) in [6.07, 6.45) is 2.97. The third kappa shape index (κ3) is 3.44. The molecule has 1 heterocycles. The molecule has 7 heteroatoms. The van der Waals surface area contributed by atoms with Crippen LogP contribution in [-0.2, 0) is 0 Å². The third-order valence-corrected chi connectivity index (χ3v) is 2.71. The van der Waals surface area contributed by atoms with Gasteiger partial charge in [-0.3, -0.25) is 4.79 Å². The van der Waals surface area contributed by atoms with E-state index in [9.17, 15) is 9.18 Å². The SMILES string of the molecule is COc1ccc(C(=O)Nc2cnc(N(C)C)nc2)cc1F. The molecule has 2 rings (SSSR count). The molecule has 0 aliphatic carbocycles. The van der Waals surface area contributed by atoms with Crippen LogP contribution >= 0.6 is 0 Å². The van der Waals surface area contributed by atoms with Gasteiger partial charge in [-0.25, -0.2) is 14.4 Å². The molecule has 110 valence electrons. The van der Waals surface area contributed by atoms with Gasteiger partial charge in [0.2, 0.25) is 5.95 Å². The van der Waals surface area contributed by atoms with Gasteiger partial charge in [-0.05, 0) is 18.2 Å². The van der Waals surface area contributed by atoms with Gasteiger partial charge in [0.15, 0.2) is 11.6 Å². The van der Waals surface area contributed by atoms with Crippen LogP contribution in [0.15, 0.2) is 30.6 Å². The van der Waals surface area contributed by atoms with Crippen molar-refractivity contribution < 1.29 is 13.9 Å². The van der Waals surface area contributed by atoms with Crippen LogP contribution in [-0.4, -0.2) is 37.1 Å². The summed E-state index contributed by atoms with van der Waals surface area (Å²) >= 11 is 0. The maximum atomic E-state index is 13.6. The molecule has 2 aromatic rings. The fourth-order valence-electron chi connectivity index (χ4n) is 1.63. The Kier molecular flexibility index (Phi) is 4.32. The summed E-state index contributed by atoms with van der Waals surface area (Å²) in [7, 11) is 4.99. The summed E-state index contributed by atoms with van der Waals surface area (Å²) in [5.41, 5.74) is 0.617. The Balaban J connectivity index is 2.12. The molecule has 0 spiro atoms. The van der Waals surface area contributed by atoms with E-state index in [1.807, 2.05) is 14.1 Å². The number of carbonyl (C=O) groups is 1. The summed E-state index contributed by atoms with van der Waals surface area (Å²) in [6, 6.07) is 3.99. The molecule has 0 unspecified atom stereocenters. The van der Waals surface area contributed by atoms with Gasteiger partial charge < -0.3 is 15.0 Å². The average Bonchev–Trinajstić information content (AvgIpc) is 2.47. The third-order valence-electron chi connectivity index (χ3n) is 2.71. The van der Waals surface area contributed by atoms with Crippen LogP contribution < -0.4 is 15.0 Å². The lowest BCUT2D eigenvalue weighted by Crippen LogP contribution is -2.15. The summed E-state index contributed by atoms with van der Waals surface area (Å²) < 4.78 is 18.4. The second-order valence-corrected chi connectivity index (χ2v) is 4.47. The van der Waals surface area contributed by atoms with Crippen molar-refractivity contribution in [3.05, 3.63) is 42.0 Å². The maximum absolute atomic E-state index is 13.6. The van der Waals surface area contributed by atoms with Gasteiger partial charge in [0.1, 0.15) is 0 Å². The molecular weight excluding hydrogens is 275 g/mol. The lowest BCUT2D eigenvalue weighted by Gasteiger charge is -2.10. The van der Waals surface area contributed by atoms with Gasteiger partial charge in [0.05, 0.1) is 25.2 Å². The maximum Gasteiger partial charge on any atom is 0.255 e. The Labute approximate surface area is 121 Å². The van der Waals surface area contributed by atoms with Gasteiger partial charge in [-0.15, -0.1) is 0 Å². The van der Waals surface area contributed by atoms with Crippen molar-refractivity contribution in [2.24, 2.45) is 0 Å². The molecule has 1 amide bonds. The average molecular weight is 290 g/mol. The highest BCUT2D eigenvalue weighted by atomic mass is 19.1. The van der Waals surface area contributed by atoms with E-state index in [0.717, 1.165) is 6.07 Å². The number of ether oxygens (including phenoxy) is 1.